The molecule has 0 aliphatic carbocycles. The number of hydrogen-bond acceptors (Lipinski definition) is 7. The van der Waals surface area contributed by atoms with Crippen LogP contribution in [0.3, 0.4) is 0 Å². The Morgan fingerprint density at radius 3 is 2.22 bits per heavy atom. The van der Waals surface area contributed by atoms with Gasteiger partial charge in [0.1, 0.15) is 11.5 Å². The average Bonchev–Trinajstić information content (AvgIpc) is 3.34. The van der Waals surface area contributed by atoms with Gasteiger partial charge in [-0.2, -0.15) is 0 Å². The maximum absolute atomic E-state index is 13.0. The predicted molar refractivity (Wildman–Crippen MR) is 115 cm³/mol. The van der Waals surface area contributed by atoms with Crippen LogP contribution >= 0.6 is 0 Å². The molecule has 0 radical (unpaired) electrons. The Balaban J connectivity index is 1.90. The summed E-state index contributed by atoms with van der Waals surface area (Å²) < 4.78 is 9.83. The zero-order valence-corrected chi connectivity index (χ0v) is 17.7. The lowest BCUT2D eigenvalue weighted by molar-refractivity contribution is -0.132. The first-order valence-corrected chi connectivity index (χ1v) is 9.81. The van der Waals surface area contributed by atoms with Crippen molar-refractivity contribution >= 4 is 29.2 Å². The summed E-state index contributed by atoms with van der Waals surface area (Å²) in [6.45, 7) is 3.57. The number of hydrogen-bond donors (Lipinski definition) is 1. The van der Waals surface area contributed by atoms with Crippen molar-refractivity contribution in [3.05, 3.63) is 88.2 Å². The Hall–Kier alpha value is -4.20. The molecule has 1 fully saturated rings. The molecular formula is C24H20N2O6. The maximum Gasteiger partial charge on any atom is 0.337 e. The van der Waals surface area contributed by atoms with E-state index in [1.165, 1.54) is 30.2 Å². The SMILES string of the molecule is COC(=O)c1ccc([C@H]2/C(=C(\O)c3ccc(C)cc3)C(=O)C(=O)N2c2cc(C)on2)cc1. The molecule has 0 spiro atoms. The fourth-order valence-corrected chi connectivity index (χ4v) is 3.64. The number of nitrogens with zero attached hydrogens (tertiary/aromatic N) is 2. The first kappa shape index (κ1) is 21.0. The number of carbonyl (C=O) groups is 3. The van der Waals surface area contributed by atoms with Crippen LogP contribution < -0.4 is 4.90 Å². The zero-order chi connectivity index (χ0) is 23.0. The highest BCUT2D eigenvalue weighted by Gasteiger charge is 2.48. The van der Waals surface area contributed by atoms with Crippen molar-refractivity contribution in [1.82, 2.24) is 5.16 Å². The summed E-state index contributed by atoms with van der Waals surface area (Å²) >= 11 is 0. The molecule has 1 atom stereocenters. The van der Waals surface area contributed by atoms with E-state index in [-0.39, 0.29) is 17.2 Å². The molecule has 2 heterocycles. The summed E-state index contributed by atoms with van der Waals surface area (Å²) in [7, 11) is 1.28. The van der Waals surface area contributed by atoms with Gasteiger partial charge < -0.3 is 14.4 Å². The smallest absolute Gasteiger partial charge is 0.337 e. The second-order valence-corrected chi connectivity index (χ2v) is 7.44. The second-order valence-electron chi connectivity index (χ2n) is 7.44. The molecule has 0 saturated carbocycles. The van der Waals surface area contributed by atoms with Crippen molar-refractivity contribution in [3.63, 3.8) is 0 Å². The largest absolute Gasteiger partial charge is 0.507 e. The van der Waals surface area contributed by atoms with Crippen LogP contribution in [0, 0.1) is 13.8 Å². The summed E-state index contributed by atoms with van der Waals surface area (Å²) in [5.41, 5.74) is 2.12. The molecule has 1 saturated heterocycles. The third kappa shape index (κ3) is 3.56. The maximum atomic E-state index is 13.0. The molecule has 8 nitrogen and oxygen atoms in total. The Bertz CT molecular complexity index is 1240. The Kier molecular flexibility index (Phi) is 5.36. The van der Waals surface area contributed by atoms with Crippen molar-refractivity contribution in [1.29, 1.82) is 0 Å². The number of aromatic nitrogens is 1. The number of anilines is 1. The van der Waals surface area contributed by atoms with Gasteiger partial charge in [0.05, 0.1) is 24.3 Å². The first-order valence-electron chi connectivity index (χ1n) is 9.81. The number of esters is 1. The normalized spacial score (nSPS) is 17.6. The fraction of sp³-hybridized carbons (Fsp3) is 0.167. The number of benzene rings is 2. The number of amides is 1. The summed E-state index contributed by atoms with van der Waals surface area (Å²) in [5, 5.41) is 14.9. The minimum Gasteiger partial charge on any atom is -0.507 e. The molecule has 0 unspecified atom stereocenters. The van der Waals surface area contributed by atoms with E-state index in [2.05, 4.69) is 5.16 Å². The van der Waals surface area contributed by atoms with Crippen LogP contribution in [0.25, 0.3) is 5.76 Å². The highest BCUT2D eigenvalue weighted by molar-refractivity contribution is 6.51. The van der Waals surface area contributed by atoms with Gasteiger partial charge in [0.25, 0.3) is 5.78 Å². The minimum absolute atomic E-state index is 0.0784. The zero-order valence-electron chi connectivity index (χ0n) is 17.7. The average molecular weight is 432 g/mol. The second kappa shape index (κ2) is 8.14. The van der Waals surface area contributed by atoms with Gasteiger partial charge >= 0.3 is 11.9 Å². The van der Waals surface area contributed by atoms with Gasteiger partial charge in [0, 0.05) is 11.6 Å². The molecule has 1 N–H and O–H groups in total. The predicted octanol–water partition coefficient (Wildman–Crippen LogP) is 3.70. The number of Topliss-reactive ketones (excluding diaryl/α,β-unsaturated/α-hetero) is 1. The molecule has 8 heteroatoms. The number of rotatable bonds is 4. The minimum atomic E-state index is -0.965. The Labute approximate surface area is 183 Å². The van der Waals surface area contributed by atoms with Crippen molar-refractivity contribution in [2.45, 2.75) is 19.9 Å². The molecule has 1 amide bonds. The third-order valence-corrected chi connectivity index (χ3v) is 5.28. The number of ketones is 1. The van der Waals surface area contributed by atoms with Crippen LogP contribution in [-0.4, -0.2) is 35.0 Å². The molecule has 1 aliphatic rings. The van der Waals surface area contributed by atoms with Gasteiger partial charge in [-0.15, -0.1) is 0 Å². The van der Waals surface area contributed by atoms with Gasteiger partial charge in [-0.25, -0.2) is 4.79 Å². The molecule has 0 bridgehead atoms. The molecule has 1 aliphatic heterocycles. The van der Waals surface area contributed by atoms with E-state index < -0.39 is 23.7 Å². The van der Waals surface area contributed by atoms with Crippen LogP contribution in [0.15, 0.2) is 64.7 Å². The first-order chi connectivity index (χ1) is 15.3. The van der Waals surface area contributed by atoms with E-state index in [0.29, 0.717) is 22.5 Å². The molecule has 162 valence electrons. The number of aliphatic hydroxyl groups is 1. The summed E-state index contributed by atoms with van der Waals surface area (Å²) in [6.07, 6.45) is 0. The van der Waals surface area contributed by atoms with E-state index in [1.54, 1.807) is 43.3 Å². The van der Waals surface area contributed by atoms with Gasteiger partial charge in [0.15, 0.2) is 5.82 Å². The van der Waals surface area contributed by atoms with Crippen LogP contribution in [0.2, 0.25) is 0 Å². The lowest BCUT2D eigenvalue weighted by Gasteiger charge is -2.23. The number of aryl methyl sites for hydroxylation is 2. The standard InChI is InChI=1S/C24H20N2O6/c1-13-4-6-16(7-5-13)21(27)19-20(15-8-10-17(11-9-15)24(30)31-3)26(23(29)22(19)28)18-12-14(2)32-25-18/h4-12,20,27H,1-3H3/b21-19+/t20-/m0/s1. The summed E-state index contributed by atoms with van der Waals surface area (Å²) in [4.78, 5) is 39.0. The Morgan fingerprint density at radius 1 is 1.03 bits per heavy atom. The number of methoxy groups -OCH3 is 1. The van der Waals surface area contributed by atoms with Crippen LogP contribution in [0.4, 0.5) is 5.82 Å². The monoisotopic (exact) mass is 432 g/mol. The fourth-order valence-electron chi connectivity index (χ4n) is 3.64. The van der Waals surface area contributed by atoms with E-state index in [4.69, 9.17) is 9.26 Å². The lowest BCUT2D eigenvalue weighted by atomic mass is 9.94. The van der Waals surface area contributed by atoms with E-state index in [0.717, 1.165) is 5.56 Å². The molecule has 2 aromatic carbocycles. The summed E-state index contributed by atoms with van der Waals surface area (Å²) in [6, 6.07) is 13.8. The number of carbonyl (C=O) groups excluding carboxylic acids is 3. The molecule has 4 rings (SSSR count). The van der Waals surface area contributed by atoms with Crippen LogP contribution in [0.5, 0.6) is 0 Å². The molecule has 32 heavy (non-hydrogen) atoms. The topological polar surface area (TPSA) is 110 Å². The Morgan fingerprint density at radius 2 is 1.66 bits per heavy atom. The van der Waals surface area contributed by atoms with E-state index >= 15 is 0 Å². The van der Waals surface area contributed by atoms with Gasteiger partial charge in [-0.3, -0.25) is 14.5 Å². The lowest BCUT2D eigenvalue weighted by Crippen LogP contribution is -2.29. The van der Waals surface area contributed by atoms with E-state index in [9.17, 15) is 19.5 Å². The highest BCUT2D eigenvalue weighted by atomic mass is 16.5. The molecular weight excluding hydrogens is 412 g/mol. The third-order valence-electron chi connectivity index (χ3n) is 5.28. The number of ether oxygens (including phenoxy) is 1. The van der Waals surface area contributed by atoms with Crippen LogP contribution in [0.1, 0.15) is 38.9 Å². The van der Waals surface area contributed by atoms with Crippen molar-refractivity contribution < 1.29 is 28.8 Å². The molecule has 1 aromatic heterocycles. The number of aliphatic hydroxyl groups excluding tert-OH is 1. The van der Waals surface area contributed by atoms with Crippen molar-refractivity contribution in [2.75, 3.05) is 12.0 Å². The van der Waals surface area contributed by atoms with E-state index in [1.807, 2.05) is 6.92 Å². The highest BCUT2D eigenvalue weighted by Crippen LogP contribution is 2.41. The summed E-state index contributed by atoms with van der Waals surface area (Å²) in [5.74, 6) is -1.89. The van der Waals surface area contributed by atoms with Gasteiger partial charge in [-0.1, -0.05) is 47.1 Å². The van der Waals surface area contributed by atoms with Gasteiger partial charge in [-0.05, 0) is 31.5 Å². The quantitative estimate of drug-likeness (QED) is 0.290. The van der Waals surface area contributed by atoms with Crippen molar-refractivity contribution in [3.8, 4) is 0 Å². The molecule has 3 aromatic rings. The van der Waals surface area contributed by atoms with Crippen LogP contribution in [-0.2, 0) is 14.3 Å². The van der Waals surface area contributed by atoms with Gasteiger partial charge in [0.2, 0.25) is 0 Å². The van der Waals surface area contributed by atoms with Crippen molar-refractivity contribution in [2.24, 2.45) is 0 Å².